The Kier molecular flexibility index (Phi) is 7.72. The Hall–Kier alpha value is -2.85. The fraction of sp³-hybridized carbons (Fsp3) is 0.136. The van der Waals surface area contributed by atoms with Gasteiger partial charge in [0.25, 0.3) is 10.0 Å². The van der Waals surface area contributed by atoms with Crippen molar-refractivity contribution in [3.63, 3.8) is 0 Å². The van der Waals surface area contributed by atoms with Crippen LogP contribution < -0.4 is 10.0 Å². The van der Waals surface area contributed by atoms with E-state index in [0.717, 1.165) is 0 Å². The molecule has 8 nitrogen and oxygen atoms in total. The van der Waals surface area contributed by atoms with Crippen LogP contribution in [0.15, 0.2) is 53.6 Å². The summed E-state index contributed by atoms with van der Waals surface area (Å²) in [6.07, 6.45) is 1.21. The highest BCUT2D eigenvalue weighted by atomic mass is 35.5. The van der Waals surface area contributed by atoms with Crippen LogP contribution >= 0.6 is 34.8 Å². The van der Waals surface area contributed by atoms with Crippen molar-refractivity contribution in [3.05, 3.63) is 80.6 Å². The average molecular weight is 542 g/mol. The molecular formula is C22H19Cl3N4O4S. The van der Waals surface area contributed by atoms with E-state index in [1.54, 1.807) is 21.0 Å². The zero-order valence-electron chi connectivity index (χ0n) is 18.2. The minimum Gasteiger partial charge on any atom is -0.331 e. The molecule has 0 unspecified atom stereocenters. The molecule has 2 amide bonds. The van der Waals surface area contributed by atoms with Crippen molar-refractivity contribution in [2.24, 2.45) is 0 Å². The number of rotatable bonds is 6. The van der Waals surface area contributed by atoms with Crippen LogP contribution in [0.3, 0.4) is 0 Å². The van der Waals surface area contributed by atoms with Crippen molar-refractivity contribution in [1.82, 2.24) is 9.88 Å². The van der Waals surface area contributed by atoms with Crippen molar-refractivity contribution in [2.75, 3.05) is 24.1 Å². The van der Waals surface area contributed by atoms with E-state index in [4.69, 9.17) is 34.8 Å². The normalized spacial score (nSPS) is 11.1. The number of anilines is 2. The number of carbonyl (C=O) groups is 2. The summed E-state index contributed by atoms with van der Waals surface area (Å²) in [5.74, 6) is -0.674. The molecule has 0 aliphatic rings. The Morgan fingerprint density at radius 3 is 2.29 bits per heavy atom. The lowest BCUT2D eigenvalue weighted by molar-refractivity contribution is 0.103. The number of aromatic nitrogens is 1. The van der Waals surface area contributed by atoms with Gasteiger partial charge in [-0.2, -0.15) is 0 Å². The smallest absolute Gasteiger partial charge is 0.321 e. The molecule has 0 saturated heterocycles. The molecule has 34 heavy (non-hydrogen) atoms. The summed E-state index contributed by atoms with van der Waals surface area (Å²) < 4.78 is 28.3. The first kappa shape index (κ1) is 25.8. The first-order valence-electron chi connectivity index (χ1n) is 9.66. The second-order valence-electron chi connectivity index (χ2n) is 7.41. The SMILES string of the molecule is Cc1cc(S(=O)(=O)Nc2cc(Cl)cnc2C(=O)c2cc(NC(=O)N(C)C)ccc2Cl)ccc1Cl. The van der Waals surface area contributed by atoms with Crippen molar-refractivity contribution in [2.45, 2.75) is 11.8 Å². The van der Waals surface area contributed by atoms with E-state index in [2.05, 4.69) is 15.0 Å². The standard InChI is InChI=1S/C22H19Cl3N4O4S/c1-12-8-15(5-7-17(12)24)34(32,33)28-19-9-13(23)11-26-20(19)21(30)16-10-14(4-6-18(16)25)27-22(31)29(2)3/h4-11,28H,1-3H3,(H,27,31). The number of benzene rings is 2. The van der Waals surface area contributed by atoms with E-state index in [1.165, 1.54) is 53.6 Å². The third-order valence-electron chi connectivity index (χ3n) is 4.62. The molecule has 0 fully saturated rings. The third kappa shape index (κ3) is 5.79. The number of hydrogen-bond donors (Lipinski definition) is 2. The van der Waals surface area contributed by atoms with E-state index in [1.807, 2.05) is 0 Å². The minimum absolute atomic E-state index is 0.0100. The van der Waals surface area contributed by atoms with Gasteiger partial charge in [0.15, 0.2) is 0 Å². The summed E-state index contributed by atoms with van der Waals surface area (Å²) in [5.41, 5.74) is 0.531. The van der Waals surface area contributed by atoms with Gasteiger partial charge in [0.1, 0.15) is 5.69 Å². The minimum atomic E-state index is -4.11. The number of halogens is 3. The zero-order valence-corrected chi connectivity index (χ0v) is 21.3. The van der Waals surface area contributed by atoms with Gasteiger partial charge < -0.3 is 10.2 Å². The number of urea groups is 1. The number of ketones is 1. The molecule has 0 aliphatic carbocycles. The molecule has 1 heterocycles. The molecule has 2 aromatic carbocycles. The lowest BCUT2D eigenvalue weighted by atomic mass is 10.1. The lowest BCUT2D eigenvalue weighted by Crippen LogP contribution is -2.27. The molecule has 0 saturated carbocycles. The van der Waals surface area contributed by atoms with Gasteiger partial charge >= 0.3 is 6.03 Å². The summed E-state index contributed by atoms with van der Waals surface area (Å²) in [5, 5.41) is 3.23. The Bertz CT molecular complexity index is 1390. The van der Waals surface area contributed by atoms with Gasteiger partial charge in [-0.25, -0.2) is 18.2 Å². The predicted octanol–water partition coefficient (Wildman–Crippen LogP) is 5.48. The number of sulfonamides is 1. The van der Waals surface area contributed by atoms with Crippen LogP contribution in [0, 0.1) is 6.92 Å². The number of nitrogens with one attached hydrogen (secondary N) is 2. The molecule has 2 N–H and O–H groups in total. The maximum Gasteiger partial charge on any atom is 0.321 e. The van der Waals surface area contributed by atoms with Gasteiger partial charge in [0.2, 0.25) is 5.78 Å². The van der Waals surface area contributed by atoms with E-state index >= 15 is 0 Å². The summed E-state index contributed by atoms with van der Waals surface area (Å²) in [6.45, 7) is 1.67. The summed E-state index contributed by atoms with van der Waals surface area (Å²) >= 11 is 18.3. The summed E-state index contributed by atoms with van der Waals surface area (Å²) in [4.78, 5) is 30.6. The monoisotopic (exact) mass is 540 g/mol. The number of nitrogens with zero attached hydrogens (tertiary/aromatic N) is 2. The molecule has 3 aromatic rings. The van der Waals surface area contributed by atoms with E-state index in [-0.39, 0.29) is 31.9 Å². The number of pyridine rings is 1. The summed E-state index contributed by atoms with van der Waals surface area (Å²) in [7, 11) is -0.976. The van der Waals surface area contributed by atoms with Crippen molar-refractivity contribution >= 4 is 68.0 Å². The number of hydrogen-bond acceptors (Lipinski definition) is 5. The van der Waals surface area contributed by atoms with E-state index in [9.17, 15) is 18.0 Å². The Labute approximate surface area is 211 Å². The first-order chi connectivity index (χ1) is 15.9. The molecule has 178 valence electrons. The topological polar surface area (TPSA) is 108 Å². The third-order valence-corrected chi connectivity index (χ3v) is 6.95. The van der Waals surface area contributed by atoms with Crippen LogP contribution in [-0.4, -0.2) is 44.2 Å². The van der Waals surface area contributed by atoms with Gasteiger partial charge in [-0.15, -0.1) is 0 Å². The molecule has 0 atom stereocenters. The average Bonchev–Trinajstić information content (AvgIpc) is 2.76. The second kappa shape index (κ2) is 10.2. The number of amides is 2. The van der Waals surface area contributed by atoms with Gasteiger partial charge in [-0.05, 0) is 55.0 Å². The van der Waals surface area contributed by atoms with Crippen LogP contribution in [0.5, 0.6) is 0 Å². The molecule has 1 aromatic heterocycles. The van der Waals surface area contributed by atoms with E-state index in [0.29, 0.717) is 16.3 Å². The molecular weight excluding hydrogens is 523 g/mol. The zero-order chi connectivity index (χ0) is 25.2. The van der Waals surface area contributed by atoms with Crippen molar-refractivity contribution in [3.8, 4) is 0 Å². The Morgan fingerprint density at radius 2 is 1.65 bits per heavy atom. The number of carbonyl (C=O) groups excluding carboxylic acids is 2. The van der Waals surface area contributed by atoms with Crippen LogP contribution in [0.1, 0.15) is 21.6 Å². The fourth-order valence-corrected chi connectivity index (χ4v) is 4.45. The molecule has 0 spiro atoms. The summed E-state index contributed by atoms with van der Waals surface area (Å²) in [6, 6.07) is 9.41. The lowest BCUT2D eigenvalue weighted by Gasteiger charge is -2.15. The molecule has 3 rings (SSSR count). The molecule has 0 bridgehead atoms. The fourth-order valence-electron chi connectivity index (χ4n) is 2.83. The molecule has 0 radical (unpaired) electrons. The highest BCUT2D eigenvalue weighted by Gasteiger charge is 2.24. The van der Waals surface area contributed by atoms with Gasteiger partial charge in [0.05, 0.1) is 20.6 Å². The van der Waals surface area contributed by atoms with Crippen molar-refractivity contribution in [1.29, 1.82) is 0 Å². The molecule has 0 aliphatic heterocycles. The maximum atomic E-state index is 13.3. The highest BCUT2D eigenvalue weighted by molar-refractivity contribution is 7.92. The highest BCUT2D eigenvalue weighted by Crippen LogP contribution is 2.29. The van der Waals surface area contributed by atoms with Crippen LogP contribution in [0.25, 0.3) is 0 Å². The van der Waals surface area contributed by atoms with Gasteiger partial charge in [0, 0.05) is 36.6 Å². The van der Waals surface area contributed by atoms with Crippen LogP contribution in [-0.2, 0) is 10.0 Å². The Morgan fingerprint density at radius 1 is 0.971 bits per heavy atom. The quantitative estimate of drug-likeness (QED) is 0.402. The maximum absolute atomic E-state index is 13.3. The molecule has 12 heteroatoms. The van der Waals surface area contributed by atoms with Gasteiger partial charge in [-0.1, -0.05) is 34.8 Å². The number of aryl methyl sites for hydroxylation is 1. The van der Waals surface area contributed by atoms with Gasteiger partial charge in [-0.3, -0.25) is 9.52 Å². The van der Waals surface area contributed by atoms with Crippen LogP contribution in [0.2, 0.25) is 15.1 Å². The largest absolute Gasteiger partial charge is 0.331 e. The van der Waals surface area contributed by atoms with E-state index < -0.39 is 21.8 Å². The predicted molar refractivity (Wildman–Crippen MR) is 134 cm³/mol. The Balaban J connectivity index is 2.01. The second-order valence-corrected chi connectivity index (χ2v) is 10.3. The first-order valence-corrected chi connectivity index (χ1v) is 12.3. The van der Waals surface area contributed by atoms with Crippen LogP contribution in [0.4, 0.5) is 16.2 Å². The van der Waals surface area contributed by atoms with Crippen molar-refractivity contribution < 1.29 is 18.0 Å².